The quantitative estimate of drug-likeness (QED) is 0.190. The fourth-order valence-corrected chi connectivity index (χ4v) is 5.19. The molecule has 0 aromatic heterocycles. The van der Waals surface area contributed by atoms with Crippen molar-refractivity contribution in [2.75, 3.05) is 13.2 Å². The van der Waals surface area contributed by atoms with Gasteiger partial charge in [-0.2, -0.15) is 0 Å². The van der Waals surface area contributed by atoms with E-state index in [0.29, 0.717) is 13.2 Å². The van der Waals surface area contributed by atoms with Crippen LogP contribution in [0.5, 0.6) is 0 Å². The van der Waals surface area contributed by atoms with E-state index in [2.05, 4.69) is 13.8 Å². The van der Waals surface area contributed by atoms with Crippen molar-refractivity contribution in [3.8, 4) is 0 Å². The normalized spacial score (nSPS) is 25.9. The van der Waals surface area contributed by atoms with Crippen molar-refractivity contribution in [3.63, 3.8) is 0 Å². The molecule has 4 nitrogen and oxygen atoms in total. The molecule has 0 aliphatic heterocycles. The highest BCUT2D eigenvalue weighted by Crippen LogP contribution is 2.30. The fraction of sp³-hybridized carbons (Fsp3) is 0.929. The van der Waals surface area contributed by atoms with Gasteiger partial charge in [-0.05, 0) is 76.0 Å². The first-order valence-corrected chi connectivity index (χ1v) is 13.9. The lowest BCUT2D eigenvalue weighted by molar-refractivity contribution is -0.151. The third-order valence-corrected chi connectivity index (χ3v) is 7.73. The standard InChI is InChI=1S/C28H50O4/c1-23-13-17-25(18-14-23)27(29)31-21-11-9-7-5-3-4-6-8-10-12-22-32-28(30)26-19-15-24(2)16-20-26/h23-26H,3-22H2,1-2H3. The van der Waals surface area contributed by atoms with Crippen molar-refractivity contribution in [3.05, 3.63) is 0 Å². The highest BCUT2D eigenvalue weighted by Gasteiger charge is 2.26. The zero-order valence-electron chi connectivity index (χ0n) is 21.1. The lowest BCUT2D eigenvalue weighted by atomic mass is 9.83. The molecule has 32 heavy (non-hydrogen) atoms. The molecule has 0 spiro atoms. The van der Waals surface area contributed by atoms with Crippen LogP contribution in [0.2, 0.25) is 0 Å². The van der Waals surface area contributed by atoms with E-state index in [0.717, 1.165) is 50.4 Å². The lowest BCUT2D eigenvalue weighted by Gasteiger charge is -2.24. The molecular formula is C28H50O4. The monoisotopic (exact) mass is 450 g/mol. The van der Waals surface area contributed by atoms with Crippen LogP contribution in [-0.2, 0) is 19.1 Å². The van der Waals surface area contributed by atoms with Crippen LogP contribution in [0.1, 0.15) is 129 Å². The first-order valence-electron chi connectivity index (χ1n) is 13.9. The molecular weight excluding hydrogens is 400 g/mol. The summed E-state index contributed by atoms with van der Waals surface area (Å²) in [5, 5.41) is 0. The number of unbranched alkanes of at least 4 members (excludes halogenated alkanes) is 9. The third kappa shape index (κ3) is 11.7. The van der Waals surface area contributed by atoms with Crippen molar-refractivity contribution < 1.29 is 19.1 Å². The number of esters is 2. The average Bonchev–Trinajstić information content (AvgIpc) is 2.80. The SMILES string of the molecule is CC1CCC(C(=O)OCCCCCCCCCCCCOC(=O)C2CCC(C)CC2)CC1. The molecule has 0 saturated heterocycles. The minimum absolute atomic E-state index is 0.0512. The molecule has 0 bridgehead atoms. The van der Waals surface area contributed by atoms with Crippen molar-refractivity contribution in [2.24, 2.45) is 23.7 Å². The van der Waals surface area contributed by atoms with Crippen LogP contribution in [0.25, 0.3) is 0 Å². The molecule has 2 rings (SSSR count). The molecule has 0 heterocycles. The molecule has 0 radical (unpaired) electrons. The lowest BCUT2D eigenvalue weighted by Crippen LogP contribution is -2.23. The Hall–Kier alpha value is -1.06. The van der Waals surface area contributed by atoms with Gasteiger partial charge in [0.05, 0.1) is 25.0 Å². The maximum Gasteiger partial charge on any atom is 0.308 e. The van der Waals surface area contributed by atoms with Crippen molar-refractivity contribution >= 4 is 11.9 Å². The number of carbonyl (C=O) groups is 2. The van der Waals surface area contributed by atoms with E-state index in [1.54, 1.807) is 0 Å². The Bertz CT molecular complexity index is 456. The van der Waals surface area contributed by atoms with Crippen LogP contribution in [-0.4, -0.2) is 25.2 Å². The number of hydrogen-bond acceptors (Lipinski definition) is 4. The summed E-state index contributed by atoms with van der Waals surface area (Å²) in [6, 6.07) is 0. The van der Waals surface area contributed by atoms with E-state index < -0.39 is 0 Å². The van der Waals surface area contributed by atoms with Gasteiger partial charge in [0, 0.05) is 0 Å². The molecule has 0 N–H and O–H groups in total. The van der Waals surface area contributed by atoms with Crippen molar-refractivity contribution in [1.82, 2.24) is 0 Å². The third-order valence-electron chi connectivity index (χ3n) is 7.73. The molecule has 2 aliphatic rings. The van der Waals surface area contributed by atoms with Crippen LogP contribution in [0.3, 0.4) is 0 Å². The van der Waals surface area contributed by atoms with E-state index in [1.165, 1.54) is 77.0 Å². The van der Waals surface area contributed by atoms with E-state index in [9.17, 15) is 9.59 Å². The Kier molecular flexibility index (Phi) is 14.0. The second-order valence-corrected chi connectivity index (χ2v) is 10.8. The summed E-state index contributed by atoms with van der Waals surface area (Å²) in [4.78, 5) is 24.2. The van der Waals surface area contributed by atoms with Gasteiger partial charge in [-0.25, -0.2) is 0 Å². The van der Waals surface area contributed by atoms with Crippen LogP contribution in [0.15, 0.2) is 0 Å². The van der Waals surface area contributed by atoms with Crippen LogP contribution in [0, 0.1) is 23.7 Å². The maximum atomic E-state index is 12.1. The van der Waals surface area contributed by atoms with Crippen LogP contribution >= 0.6 is 0 Å². The van der Waals surface area contributed by atoms with E-state index in [-0.39, 0.29) is 23.8 Å². The molecule has 0 unspecified atom stereocenters. The average molecular weight is 451 g/mol. The number of carbonyl (C=O) groups excluding carboxylic acids is 2. The zero-order chi connectivity index (χ0) is 23.0. The number of ether oxygens (including phenoxy) is 2. The molecule has 2 fully saturated rings. The number of hydrogen-bond donors (Lipinski definition) is 0. The molecule has 186 valence electrons. The Morgan fingerprint density at radius 3 is 1.09 bits per heavy atom. The highest BCUT2D eigenvalue weighted by atomic mass is 16.5. The summed E-state index contributed by atoms with van der Waals surface area (Å²) >= 11 is 0. The van der Waals surface area contributed by atoms with Gasteiger partial charge in [-0.3, -0.25) is 9.59 Å². The summed E-state index contributed by atoms with van der Waals surface area (Å²) in [6.07, 6.45) is 20.8. The Morgan fingerprint density at radius 1 is 0.500 bits per heavy atom. The summed E-state index contributed by atoms with van der Waals surface area (Å²) < 4.78 is 11.0. The topological polar surface area (TPSA) is 52.6 Å². The van der Waals surface area contributed by atoms with E-state index in [4.69, 9.17) is 9.47 Å². The predicted molar refractivity (Wildman–Crippen MR) is 130 cm³/mol. The highest BCUT2D eigenvalue weighted by molar-refractivity contribution is 5.72. The van der Waals surface area contributed by atoms with Gasteiger partial charge in [0.1, 0.15) is 0 Å². The van der Waals surface area contributed by atoms with Crippen LogP contribution < -0.4 is 0 Å². The van der Waals surface area contributed by atoms with Gasteiger partial charge in [0.15, 0.2) is 0 Å². The maximum absolute atomic E-state index is 12.1. The fourth-order valence-electron chi connectivity index (χ4n) is 5.19. The van der Waals surface area contributed by atoms with E-state index >= 15 is 0 Å². The molecule has 0 aromatic carbocycles. The zero-order valence-corrected chi connectivity index (χ0v) is 21.1. The molecule has 4 heteroatoms. The summed E-state index contributed by atoms with van der Waals surface area (Å²) in [7, 11) is 0. The molecule has 0 atom stereocenters. The van der Waals surface area contributed by atoms with Crippen molar-refractivity contribution in [1.29, 1.82) is 0 Å². The Morgan fingerprint density at radius 2 is 0.781 bits per heavy atom. The largest absolute Gasteiger partial charge is 0.465 e. The first kappa shape index (κ1) is 27.2. The van der Waals surface area contributed by atoms with E-state index in [1.807, 2.05) is 0 Å². The smallest absolute Gasteiger partial charge is 0.308 e. The predicted octanol–water partition coefficient (Wildman–Crippen LogP) is 7.63. The second-order valence-electron chi connectivity index (χ2n) is 10.8. The summed E-state index contributed by atoms with van der Waals surface area (Å²) in [6.45, 7) is 5.77. The van der Waals surface area contributed by atoms with Gasteiger partial charge in [-0.1, -0.05) is 65.2 Å². The second kappa shape index (κ2) is 16.5. The molecule has 2 saturated carbocycles. The van der Waals surface area contributed by atoms with Gasteiger partial charge >= 0.3 is 11.9 Å². The summed E-state index contributed by atoms with van der Waals surface area (Å²) in [5.74, 6) is 1.99. The first-order chi connectivity index (χ1) is 15.6. The van der Waals surface area contributed by atoms with Crippen LogP contribution in [0.4, 0.5) is 0 Å². The molecule has 0 aromatic rings. The Balaban J connectivity index is 1.29. The Labute approximate surface area is 197 Å². The van der Waals surface area contributed by atoms with Gasteiger partial charge < -0.3 is 9.47 Å². The van der Waals surface area contributed by atoms with Crippen molar-refractivity contribution in [2.45, 2.75) is 129 Å². The molecule has 2 aliphatic carbocycles. The minimum atomic E-state index is 0.0512. The summed E-state index contributed by atoms with van der Waals surface area (Å²) in [5.41, 5.74) is 0. The number of rotatable bonds is 15. The minimum Gasteiger partial charge on any atom is -0.465 e. The van der Waals surface area contributed by atoms with Gasteiger partial charge in [0.2, 0.25) is 0 Å². The van der Waals surface area contributed by atoms with Gasteiger partial charge in [0.25, 0.3) is 0 Å². The van der Waals surface area contributed by atoms with Gasteiger partial charge in [-0.15, -0.1) is 0 Å². The molecule has 0 amide bonds.